The molecule has 0 radical (unpaired) electrons. The van der Waals surface area contributed by atoms with Gasteiger partial charge in [-0.3, -0.25) is 14.5 Å². The van der Waals surface area contributed by atoms with Crippen LogP contribution in [-0.2, 0) is 14.3 Å². The summed E-state index contributed by atoms with van der Waals surface area (Å²) in [5.41, 5.74) is 4.33. The molecule has 8 heteroatoms. The number of ether oxygens (including phenoxy) is 1. The van der Waals surface area contributed by atoms with Gasteiger partial charge in [0.2, 0.25) is 0 Å². The number of aliphatic hydroxyl groups is 1. The molecule has 37 heavy (non-hydrogen) atoms. The number of hydrogen-bond acceptors (Lipinski definition) is 7. The van der Waals surface area contributed by atoms with Gasteiger partial charge in [-0.25, -0.2) is 9.78 Å². The van der Waals surface area contributed by atoms with Crippen molar-refractivity contribution < 1.29 is 24.2 Å². The summed E-state index contributed by atoms with van der Waals surface area (Å²) in [6, 6.07) is 12.3. The Morgan fingerprint density at radius 3 is 2.41 bits per heavy atom. The second-order valence-corrected chi connectivity index (χ2v) is 10.4. The Morgan fingerprint density at radius 2 is 1.78 bits per heavy atom. The average Bonchev–Trinajstić information content (AvgIpc) is 3.37. The molecule has 1 N–H and O–H groups in total. The zero-order valence-corrected chi connectivity index (χ0v) is 22.6. The summed E-state index contributed by atoms with van der Waals surface area (Å²) >= 11 is 0.995. The first kappa shape index (κ1) is 26.3. The van der Waals surface area contributed by atoms with Crippen LogP contribution in [-0.4, -0.2) is 34.4 Å². The minimum Gasteiger partial charge on any atom is -0.507 e. The maximum atomic E-state index is 13.5. The Hall–Kier alpha value is -3.78. The molecule has 2 heterocycles. The van der Waals surface area contributed by atoms with Crippen molar-refractivity contribution in [2.75, 3.05) is 11.5 Å². The number of rotatable bonds is 6. The Balaban J connectivity index is 1.94. The van der Waals surface area contributed by atoms with E-state index in [2.05, 4.69) is 18.8 Å². The maximum absolute atomic E-state index is 13.5. The summed E-state index contributed by atoms with van der Waals surface area (Å²) in [5, 5.41) is 11.7. The van der Waals surface area contributed by atoms with Crippen molar-refractivity contribution in [2.24, 2.45) is 0 Å². The van der Waals surface area contributed by atoms with Crippen molar-refractivity contribution in [1.82, 2.24) is 4.98 Å². The number of thiazole rings is 1. The van der Waals surface area contributed by atoms with Crippen molar-refractivity contribution >= 4 is 39.9 Å². The Morgan fingerprint density at radius 1 is 1.11 bits per heavy atom. The van der Waals surface area contributed by atoms with Crippen molar-refractivity contribution in [3.8, 4) is 0 Å². The Labute approximate surface area is 220 Å². The zero-order chi connectivity index (χ0) is 27.0. The van der Waals surface area contributed by atoms with E-state index in [-0.39, 0.29) is 27.9 Å². The van der Waals surface area contributed by atoms with Crippen LogP contribution in [0.1, 0.15) is 75.9 Å². The number of esters is 1. The van der Waals surface area contributed by atoms with E-state index < -0.39 is 23.7 Å². The molecule has 1 unspecified atom stereocenters. The molecule has 1 aromatic heterocycles. The van der Waals surface area contributed by atoms with Crippen LogP contribution < -0.4 is 4.90 Å². The van der Waals surface area contributed by atoms with E-state index in [9.17, 15) is 19.5 Å². The summed E-state index contributed by atoms with van der Waals surface area (Å²) in [4.78, 5) is 45.4. The number of carbonyl (C=O) groups is 3. The van der Waals surface area contributed by atoms with Crippen LogP contribution in [0.2, 0.25) is 0 Å². The number of benzene rings is 2. The number of aryl methyl sites for hydroxylation is 3. The number of amides is 1. The van der Waals surface area contributed by atoms with Crippen LogP contribution in [0.3, 0.4) is 0 Å². The number of aliphatic hydroxyl groups excluding tert-OH is 1. The largest absolute Gasteiger partial charge is 0.507 e. The highest BCUT2D eigenvalue weighted by molar-refractivity contribution is 7.17. The lowest BCUT2D eigenvalue weighted by atomic mass is 9.92. The van der Waals surface area contributed by atoms with Gasteiger partial charge >= 0.3 is 11.9 Å². The van der Waals surface area contributed by atoms with Crippen molar-refractivity contribution in [1.29, 1.82) is 0 Å². The van der Waals surface area contributed by atoms with Gasteiger partial charge in [-0.1, -0.05) is 67.1 Å². The Bertz CT molecular complexity index is 1420. The first-order chi connectivity index (χ1) is 17.5. The molecule has 0 saturated carbocycles. The van der Waals surface area contributed by atoms with Crippen molar-refractivity contribution in [3.63, 3.8) is 0 Å². The third kappa shape index (κ3) is 4.81. The van der Waals surface area contributed by atoms with Crippen LogP contribution in [0.5, 0.6) is 0 Å². The molecule has 1 aliphatic heterocycles. The van der Waals surface area contributed by atoms with E-state index in [1.165, 1.54) is 4.90 Å². The monoisotopic (exact) mass is 518 g/mol. The predicted molar refractivity (Wildman–Crippen MR) is 144 cm³/mol. The van der Waals surface area contributed by atoms with Crippen LogP contribution in [0.4, 0.5) is 5.13 Å². The molecule has 192 valence electrons. The first-order valence-electron chi connectivity index (χ1n) is 12.2. The smallest absolute Gasteiger partial charge is 0.350 e. The van der Waals surface area contributed by atoms with Gasteiger partial charge in [0, 0.05) is 5.56 Å². The van der Waals surface area contributed by atoms with E-state index in [1.807, 2.05) is 50.2 Å². The number of hydrogen-bond donors (Lipinski definition) is 1. The van der Waals surface area contributed by atoms with Gasteiger partial charge in [-0.2, -0.15) is 0 Å². The van der Waals surface area contributed by atoms with E-state index in [4.69, 9.17) is 4.74 Å². The molecule has 1 aliphatic rings. The SMILES string of the molecule is CCOC(=O)c1sc(N2C(=O)C(=O)C(=C(O)c3cc(C)ccc3C)C2c2ccc(C(C)C)cc2)nc1C. The minimum atomic E-state index is -0.915. The molecule has 7 nitrogen and oxygen atoms in total. The fourth-order valence-corrected chi connectivity index (χ4v) is 5.40. The lowest BCUT2D eigenvalue weighted by Crippen LogP contribution is -2.29. The summed E-state index contributed by atoms with van der Waals surface area (Å²) in [7, 11) is 0. The molecular formula is C29H30N2O5S. The standard InChI is InChI=1S/C29H30N2O5S/c1-7-36-28(35)26-18(6)30-29(37-26)31-23(20-12-10-19(11-13-20)15(2)3)22(25(33)27(31)34)24(32)21-14-16(4)8-9-17(21)5/h8-15,23,32H,7H2,1-6H3. The molecule has 0 bridgehead atoms. The fourth-order valence-electron chi connectivity index (χ4n) is 4.42. The summed E-state index contributed by atoms with van der Waals surface area (Å²) in [6.45, 7) is 11.5. The molecule has 1 saturated heterocycles. The summed E-state index contributed by atoms with van der Waals surface area (Å²) < 4.78 is 5.13. The third-order valence-electron chi connectivity index (χ3n) is 6.46. The fraction of sp³-hybridized carbons (Fsp3) is 0.310. The zero-order valence-electron chi connectivity index (χ0n) is 21.8. The molecule has 1 fully saturated rings. The number of aromatic nitrogens is 1. The highest BCUT2D eigenvalue weighted by Gasteiger charge is 2.48. The average molecular weight is 519 g/mol. The van der Waals surface area contributed by atoms with Gasteiger partial charge in [-0.15, -0.1) is 0 Å². The lowest BCUT2D eigenvalue weighted by Gasteiger charge is -2.23. The number of Topliss-reactive ketones (excluding diaryl/α,β-unsaturated/α-hetero) is 1. The van der Waals surface area contributed by atoms with Crippen molar-refractivity contribution in [3.05, 3.63) is 86.4 Å². The number of anilines is 1. The third-order valence-corrected chi connectivity index (χ3v) is 7.60. The van der Waals surface area contributed by atoms with Gasteiger partial charge in [0.1, 0.15) is 10.6 Å². The molecule has 2 aromatic carbocycles. The highest BCUT2D eigenvalue weighted by atomic mass is 32.1. The van der Waals surface area contributed by atoms with E-state index >= 15 is 0 Å². The minimum absolute atomic E-state index is 0.0125. The maximum Gasteiger partial charge on any atom is 0.350 e. The Kier molecular flexibility index (Phi) is 7.32. The summed E-state index contributed by atoms with van der Waals surface area (Å²) in [6.07, 6.45) is 0. The molecular weight excluding hydrogens is 488 g/mol. The van der Waals surface area contributed by atoms with Crippen molar-refractivity contribution in [2.45, 2.75) is 53.5 Å². The van der Waals surface area contributed by atoms with Crippen LogP contribution in [0, 0.1) is 20.8 Å². The molecule has 3 aromatic rings. The summed E-state index contributed by atoms with van der Waals surface area (Å²) in [5.74, 6) is -2.09. The molecule has 4 rings (SSSR count). The molecule has 1 atom stereocenters. The van der Waals surface area contributed by atoms with E-state index in [0.717, 1.165) is 28.0 Å². The van der Waals surface area contributed by atoms with Gasteiger partial charge in [0.25, 0.3) is 5.78 Å². The second kappa shape index (κ2) is 10.3. The predicted octanol–water partition coefficient (Wildman–Crippen LogP) is 5.99. The number of ketones is 1. The number of carbonyl (C=O) groups excluding carboxylic acids is 3. The lowest BCUT2D eigenvalue weighted by molar-refractivity contribution is -0.132. The normalized spacial score (nSPS) is 17.1. The number of nitrogens with zero attached hydrogens (tertiary/aromatic N) is 2. The second-order valence-electron chi connectivity index (χ2n) is 9.44. The van der Waals surface area contributed by atoms with Gasteiger partial charge in [-0.05, 0) is 56.4 Å². The van der Waals surface area contributed by atoms with Crippen LogP contribution >= 0.6 is 11.3 Å². The first-order valence-corrected chi connectivity index (χ1v) is 13.0. The van der Waals surface area contributed by atoms with Gasteiger partial charge in [0.15, 0.2) is 5.13 Å². The van der Waals surface area contributed by atoms with Gasteiger partial charge < -0.3 is 9.84 Å². The molecule has 0 spiro atoms. The van der Waals surface area contributed by atoms with Crippen LogP contribution in [0.15, 0.2) is 48.0 Å². The topological polar surface area (TPSA) is 96.8 Å². The molecule has 0 aliphatic carbocycles. The highest BCUT2D eigenvalue weighted by Crippen LogP contribution is 2.44. The van der Waals surface area contributed by atoms with Crippen LogP contribution in [0.25, 0.3) is 5.76 Å². The molecule has 1 amide bonds. The van der Waals surface area contributed by atoms with E-state index in [1.54, 1.807) is 19.9 Å². The quantitative estimate of drug-likeness (QED) is 0.186. The van der Waals surface area contributed by atoms with Gasteiger partial charge in [0.05, 0.1) is 23.9 Å². The van der Waals surface area contributed by atoms with E-state index in [0.29, 0.717) is 22.7 Å².